The quantitative estimate of drug-likeness (QED) is 0.739. The molecule has 3 heterocycles. The van der Waals surface area contributed by atoms with Crippen LogP contribution in [0.4, 0.5) is 5.69 Å². The number of aromatic nitrogens is 2. The number of anilines is 1. The molecule has 0 aliphatic carbocycles. The summed E-state index contributed by atoms with van der Waals surface area (Å²) in [6.07, 6.45) is 5.07. The van der Waals surface area contributed by atoms with Gasteiger partial charge in [-0.1, -0.05) is 6.07 Å². The van der Waals surface area contributed by atoms with Gasteiger partial charge in [-0.2, -0.15) is 0 Å². The summed E-state index contributed by atoms with van der Waals surface area (Å²) in [5, 5.41) is 2.85. The number of rotatable bonds is 4. The van der Waals surface area contributed by atoms with Crippen molar-refractivity contribution in [2.75, 3.05) is 18.5 Å². The van der Waals surface area contributed by atoms with Crippen molar-refractivity contribution in [3.63, 3.8) is 0 Å². The summed E-state index contributed by atoms with van der Waals surface area (Å²) in [5.74, 6) is 0.783. The van der Waals surface area contributed by atoms with Crippen LogP contribution in [0.15, 0.2) is 53.7 Å². The Balaban J connectivity index is 1.64. The third kappa shape index (κ3) is 3.85. The van der Waals surface area contributed by atoms with Crippen LogP contribution in [0.3, 0.4) is 0 Å². The van der Waals surface area contributed by atoms with E-state index >= 15 is 0 Å². The monoisotopic (exact) mass is 391 g/mol. The van der Waals surface area contributed by atoms with Gasteiger partial charge in [0.15, 0.2) is 11.5 Å². The first kappa shape index (κ1) is 18.7. The number of pyridine rings is 2. The zero-order valence-corrected chi connectivity index (χ0v) is 16.3. The van der Waals surface area contributed by atoms with Crippen molar-refractivity contribution >= 4 is 11.6 Å². The van der Waals surface area contributed by atoms with Gasteiger partial charge in [0.05, 0.1) is 6.54 Å². The fourth-order valence-corrected chi connectivity index (χ4v) is 3.26. The van der Waals surface area contributed by atoms with Gasteiger partial charge in [-0.05, 0) is 48.7 Å². The molecular weight excluding hydrogens is 370 g/mol. The van der Waals surface area contributed by atoms with Crippen LogP contribution >= 0.6 is 0 Å². The molecule has 0 atom stereocenters. The molecular formula is C22H21N3O4. The number of hydrogen-bond acceptors (Lipinski definition) is 5. The van der Waals surface area contributed by atoms with Crippen molar-refractivity contribution in [2.24, 2.45) is 0 Å². The Bertz CT molecular complexity index is 1120. The Morgan fingerprint density at radius 2 is 1.90 bits per heavy atom. The topological polar surface area (TPSA) is 82.5 Å². The molecule has 1 aromatic carbocycles. The Kier molecular flexibility index (Phi) is 5.03. The van der Waals surface area contributed by atoms with E-state index in [0.717, 1.165) is 11.1 Å². The number of aryl methyl sites for hydroxylation is 2. The van der Waals surface area contributed by atoms with Crippen LogP contribution < -0.4 is 20.3 Å². The highest BCUT2D eigenvalue weighted by Gasteiger charge is 2.19. The molecule has 0 radical (unpaired) electrons. The predicted octanol–water partition coefficient (Wildman–Crippen LogP) is 2.93. The van der Waals surface area contributed by atoms with E-state index in [1.165, 1.54) is 4.57 Å². The first-order valence-electron chi connectivity index (χ1n) is 9.33. The van der Waals surface area contributed by atoms with Crippen LogP contribution in [0.25, 0.3) is 0 Å². The van der Waals surface area contributed by atoms with Crippen molar-refractivity contribution in [3.05, 3.63) is 81.5 Å². The van der Waals surface area contributed by atoms with Crippen molar-refractivity contribution in [1.29, 1.82) is 0 Å². The lowest BCUT2D eigenvalue weighted by Crippen LogP contribution is -2.30. The number of carbonyl (C=O) groups excluding carboxylic acids is 1. The SMILES string of the molecule is Cc1cc2c(cc1NC(=O)c1c(C)ccn(Cc3cccnc3)c1=O)OCCO2. The van der Waals surface area contributed by atoms with E-state index in [-0.39, 0.29) is 11.1 Å². The van der Waals surface area contributed by atoms with E-state index in [1.807, 2.05) is 25.1 Å². The molecule has 0 spiro atoms. The number of amides is 1. The second-order valence-corrected chi connectivity index (χ2v) is 6.93. The minimum atomic E-state index is -0.451. The highest BCUT2D eigenvalue weighted by atomic mass is 16.6. The van der Waals surface area contributed by atoms with Gasteiger partial charge in [0.25, 0.3) is 11.5 Å². The second kappa shape index (κ2) is 7.79. The van der Waals surface area contributed by atoms with E-state index in [0.29, 0.717) is 42.5 Å². The standard InChI is InChI=1S/C22H21N3O4/c1-14-5-7-25(13-16-4-3-6-23-12-16)22(27)20(14)21(26)24-17-11-19-18(10-15(17)2)28-8-9-29-19/h3-7,10-12H,8-9,13H2,1-2H3,(H,24,26). The van der Waals surface area contributed by atoms with Crippen molar-refractivity contribution in [2.45, 2.75) is 20.4 Å². The molecule has 1 N–H and O–H groups in total. The second-order valence-electron chi connectivity index (χ2n) is 6.93. The van der Waals surface area contributed by atoms with Gasteiger partial charge < -0.3 is 19.4 Å². The number of fused-ring (bicyclic) bond motifs is 1. The molecule has 4 rings (SSSR count). The Labute approximate surface area is 167 Å². The molecule has 7 nitrogen and oxygen atoms in total. The zero-order chi connectivity index (χ0) is 20.4. The number of carbonyl (C=O) groups is 1. The number of benzene rings is 1. The lowest BCUT2D eigenvalue weighted by molar-refractivity contribution is 0.102. The first-order chi connectivity index (χ1) is 14.0. The maximum atomic E-state index is 13.0. The van der Waals surface area contributed by atoms with E-state index in [1.54, 1.807) is 37.6 Å². The summed E-state index contributed by atoms with van der Waals surface area (Å²) in [6.45, 7) is 4.92. The molecule has 0 fully saturated rings. The molecule has 1 aliphatic rings. The summed E-state index contributed by atoms with van der Waals surface area (Å²) >= 11 is 0. The Morgan fingerprint density at radius 1 is 1.14 bits per heavy atom. The van der Waals surface area contributed by atoms with E-state index in [9.17, 15) is 9.59 Å². The molecule has 148 valence electrons. The lowest BCUT2D eigenvalue weighted by atomic mass is 10.1. The van der Waals surface area contributed by atoms with Gasteiger partial charge in [0.2, 0.25) is 0 Å². The van der Waals surface area contributed by atoms with Gasteiger partial charge >= 0.3 is 0 Å². The van der Waals surface area contributed by atoms with Crippen LogP contribution in [-0.2, 0) is 6.54 Å². The summed E-state index contributed by atoms with van der Waals surface area (Å²) in [5.41, 5.74) is 2.68. The van der Waals surface area contributed by atoms with Crippen LogP contribution in [0.5, 0.6) is 11.5 Å². The fourth-order valence-electron chi connectivity index (χ4n) is 3.26. The maximum absolute atomic E-state index is 13.0. The largest absolute Gasteiger partial charge is 0.486 e. The Morgan fingerprint density at radius 3 is 2.62 bits per heavy atom. The van der Waals surface area contributed by atoms with E-state index in [2.05, 4.69) is 10.3 Å². The molecule has 1 amide bonds. The first-order valence-corrected chi connectivity index (χ1v) is 9.33. The zero-order valence-electron chi connectivity index (χ0n) is 16.3. The van der Waals surface area contributed by atoms with Crippen LogP contribution in [0.1, 0.15) is 27.0 Å². The van der Waals surface area contributed by atoms with Gasteiger partial charge in [0, 0.05) is 30.3 Å². The molecule has 3 aromatic rings. The highest BCUT2D eigenvalue weighted by Crippen LogP contribution is 2.35. The van der Waals surface area contributed by atoms with Gasteiger partial charge in [-0.3, -0.25) is 14.6 Å². The van der Waals surface area contributed by atoms with E-state index < -0.39 is 5.91 Å². The van der Waals surface area contributed by atoms with Crippen LogP contribution in [0, 0.1) is 13.8 Å². The normalized spacial score (nSPS) is 12.5. The molecule has 0 saturated heterocycles. The van der Waals surface area contributed by atoms with Crippen molar-refractivity contribution in [3.8, 4) is 11.5 Å². The lowest BCUT2D eigenvalue weighted by Gasteiger charge is -2.20. The number of ether oxygens (including phenoxy) is 2. The molecule has 7 heteroatoms. The van der Waals surface area contributed by atoms with Crippen LogP contribution in [0.2, 0.25) is 0 Å². The molecule has 0 bridgehead atoms. The predicted molar refractivity (Wildman–Crippen MR) is 109 cm³/mol. The number of nitrogens with zero attached hydrogens (tertiary/aromatic N) is 2. The van der Waals surface area contributed by atoms with Gasteiger partial charge in [-0.15, -0.1) is 0 Å². The van der Waals surface area contributed by atoms with Crippen molar-refractivity contribution in [1.82, 2.24) is 9.55 Å². The van der Waals surface area contributed by atoms with E-state index in [4.69, 9.17) is 9.47 Å². The van der Waals surface area contributed by atoms with Gasteiger partial charge in [0.1, 0.15) is 18.8 Å². The summed E-state index contributed by atoms with van der Waals surface area (Å²) in [6, 6.07) is 9.02. The number of nitrogens with one attached hydrogen (secondary N) is 1. The number of hydrogen-bond donors (Lipinski definition) is 1. The van der Waals surface area contributed by atoms with Crippen molar-refractivity contribution < 1.29 is 14.3 Å². The molecule has 29 heavy (non-hydrogen) atoms. The molecule has 2 aromatic heterocycles. The third-order valence-electron chi connectivity index (χ3n) is 4.81. The summed E-state index contributed by atoms with van der Waals surface area (Å²) in [7, 11) is 0. The molecule has 0 unspecified atom stereocenters. The smallest absolute Gasteiger partial charge is 0.263 e. The van der Waals surface area contributed by atoms with Crippen LogP contribution in [-0.4, -0.2) is 28.7 Å². The highest BCUT2D eigenvalue weighted by molar-refractivity contribution is 6.05. The Hall–Kier alpha value is -3.61. The molecule has 1 aliphatic heterocycles. The van der Waals surface area contributed by atoms with Gasteiger partial charge in [-0.25, -0.2) is 0 Å². The average molecular weight is 391 g/mol. The maximum Gasteiger partial charge on any atom is 0.263 e. The minimum Gasteiger partial charge on any atom is -0.486 e. The average Bonchev–Trinajstić information content (AvgIpc) is 2.71. The summed E-state index contributed by atoms with van der Waals surface area (Å²) < 4.78 is 12.7. The minimum absolute atomic E-state index is 0.116. The molecule has 0 saturated carbocycles. The summed E-state index contributed by atoms with van der Waals surface area (Å²) in [4.78, 5) is 30.0. The third-order valence-corrected chi connectivity index (χ3v) is 4.81. The fraction of sp³-hybridized carbons (Fsp3) is 0.227.